The number of nitrogens with one attached hydrogen (secondary N) is 2. The van der Waals surface area contributed by atoms with Gasteiger partial charge in [-0.05, 0) is 59.5 Å². The average Bonchev–Trinajstić information content (AvgIpc) is 3.46. The number of piperazine rings is 1. The Bertz CT molecular complexity index is 1390. The maximum absolute atomic E-state index is 4.73. The number of benzene rings is 2. The van der Waals surface area contributed by atoms with Crippen molar-refractivity contribution in [2.45, 2.75) is 6.54 Å². The van der Waals surface area contributed by atoms with Crippen LogP contribution in [-0.4, -0.2) is 58.0 Å². The Balaban J connectivity index is 1.33. The molecule has 4 heterocycles. The van der Waals surface area contributed by atoms with E-state index in [9.17, 15) is 0 Å². The lowest BCUT2D eigenvalue weighted by molar-refractivity contribution is 0.148. The summed E-state index contributed by atoms with van der Waals surface area (Å²) in [7, 11) is 2.20. The summed E-state index contributed by atoms with van der Waals surface area (Å²) in [6.45, 7) is 5.55. The van der Waals surface area contributed by atoms with Gasteiger partial charge in [-0.1, -0.05) is 24.3 Å². The molecule has 1 fully saturated rings. The van der Waals surface area contributed by atoms with Crippen LogP contribution >= 0.6 is 0 Å². The van der Waals surface area contributed by atoms with Gasteiger partial charge in [-0.3, -0.25) is 4.90 Å². The first-order valence-corrected chi connectivity index (χ1v) is 11.3. The van der Waals surface area contributed by atoms with Gasteiger partial charge in [0, 0.05) is 73.3 Å². The molecule has 0 amide bonds. The first-order chi connectivity index (χ1) is 15.7. The summed E-state index contributed by atoms with van der Waals surface area (Å²) in [5.74, 6) is 0. The van der Waals surface area contributed by atoms with Crippen LogP contribution in [0.5, 0.6) is 0 Å². The van der Waals surface area contributed by atoms with Gasteiger partial charge in [0.25, 0.3) is 0 Å². The molecule has 32 heavy (non-hydrogen) atoms. The highest BCUT2D eigenvalue weighted by molar-refractivity contribution is 5.98. The van der Waals surface area contributed by atoms with Crippen LogP contribution in [0, 0.1) is 0 Å². The summed E-state index contributed by atoms with van der Waals surface area (Å²) in [5.41, 5.74) is 8.20. The van der Waals surface area contributed by atoms with E-state index in [2.05, 4.69) is 87.6 Å². The standard InChI is InChI=1S/C27H27N5/c1-31-9-11-32(12-10-31)18-19-3-2-4-20(13-19)23-15-24-25(17-30-27(24)29-16-23)21-5-6-26-22(14-21)7-8-28-26/h2-8,13-17,28H,9-12,18H2,1H3,(H,29,30). The highest BCUT2D eigenvalue weighted by atomic mass is 15.2. The minimum absolute atomic E-state index is 0.923. The average molecular weight is 422 g/mol. The smallest absolute Gasteiger partial charge is 0.137 e. The van der Waals surface area contributed by atoms with Gasteiger partial charge in [0.05, 0.1) is 0 Å². The predicted octanol–water partition coefficient (Wildman–Crippen LogP) is 5.13. The predicted molar refractivity (Wildman–Crippen MR) is 132 cm³/mol. The molecule has 2 aromatic carbocycles. The van der Waals surface area contributed by atoms with E-state index in [-0.39, 0.29) is 0 Å². The third kappa shape index (κ3) is 3.60. The van der Waals surface area contributed by atoms with E-state index in [4.69, 9.17) is 4.98 Å². The first kappa shape index (κ1) is 19.3. The molecule has 0 saturated carbocycles. The fourth-order valence-electron chi connectivity index (χ4n) is 4.73. The number of aromatic nitrogens is 3. The molecule has 0 spiro atoms. The molecule has 5 aromatic rings. The summed E-state index contributed by atoms with van der Waals surface area (Å²) in [4.78, 5) is 16.3. The van der Waals surface area contributed by atoms with Crippen LogP contribution in [0.15, 0.2) is 73.2 Å². The van der Waals surface area contributed by atoms with Crippen molar-refractivity contribution in [3.8, 4) is 22.3 Å². The molecule has 1 saturated heterocycles. The SMILES string of the molecule is CN1CCN(Cc2cccc(-c3cnc4[nH]cc(-c5ccc6[nH]ccc6c5)c4c3)c2)CC1. The Kier molecular flexibility index (Phi) is 4.78. The summed E-state index contributed by atoms with van der Waals surface area (Å²) in [6.07, 6.45) is 6.03. The van der Waals surface area contributed by atoms with Gasteiger partial charge in [-0.25, -0.2) is 4.98 Å². The molecule has 0 atom stereocenters. The normalized spacial score (nSPS) is 15.7. The molecule has 1 aliphatic heterocycles. The topological polar surface area (TPSA) is 50.9 Å². The van der Waals surface area contributed by atoms with E-state index in [1.54, 1.807) is 0 Å². The van der Waals surface area contributed by atoms with Crippen molar-refractivity contribution in [2.75, 3.05) is 33.2 Å². The molecule has 0 bridgehead atoms. The molecular weight excluding hydrogens is 394 g/mol. The Morgan fingerprint density at radius 3 is 2.69 bits per heavy atom. The summed E-state index contributed by atoms with van der Waals surface area (Å²) < 4.78 is 0. The molecule has 3 aromatic heterocycles. The second-order valence-electron chi connectivity index (χ2n) is 8.88. The van der Waals surface area contributed by atoms with Crippen molar-refractivity contribution >= 4 is 21.9 Å². The largest absolute Gasteiger partial charge is 0.361 e. The van der Waals surface area contributed by atoms with Gasteiger partial charge in [-0.2, -0.15) is 0 Å². The first-order valence-electron chi connectivity index (χ1n) is 11.3. The van der Waals surface area contributed by atoms with Crippen molar-refractivity contribution in [1.29, 1.82) is 0 Å². The van der Waals surface area contributed by atoms with E-state index in [1.807, 2.05) is 12.4 Å². The zero-order valence-corrected chi connectivity index (χ0v) is 18.3. The van der Waals surface area contributed by atoms with Gasteiger partial charge >= 0.3 is 0 Å². The molecule has 1 aliphatic rings. The molecule has 6 rings (SSSR count). The Morgan fingerprint density at radius 1 is 0.875 bits per heavy atom. The van der Waals surface area contributed by atoms with E-state index < -0.39 is 0 Å². The monoisotopic (exact) mass is 421 g/mol. The number of hydrogen-bond acceptors (Lipinski definition) is 3. The lowest BCUT2D eigenvalue weighted by atomic mass is 10.0. The van der Waals surface area contributed by atoms with Crippen LogP contribution in [-0.2, 0) is 6.54 Å². The van der Waals surface area contributed by atoms with Gasteiger partial charge < -0.3 is 14.9 Å². The summed E-state index contributed by atoms with van der Waals surface area (Å²) >= 11 is 0. The number of pyridine rings is 1. The van der Waals surface area contributed by atoms with E-state index in [0.29, 0.717) is 0 Å². The minimum atomic E-state index is 0.923. The molecule has 2 N–H and O–H groups in total. The van der Waals surface area contributed by atoms with Gasteiger partial charge in [0.2, 0.25) is 0 Å². The molecule has 5 heteroatoms. The third-order valence-electron chi connectivity index (χ3n) is 6.66. The highest BCUT2D eigenvalue weighted by Crippen LogP contribution is 2.32. The van der Waals surface area contributed by atoms with Crippen LogP contribution in [0.25, 0.3) is 44.2 Å². The van der Waals surface area contributed by atoms with Crippen LogP contribution in [0.2, 0.25) is 0 Å². The number of hydrogen-bond donors (Lipinski definition) is 2. The maximum atomic E-state index is 4.73. The Labute approximate surface area is 187 Å². The summed E-state index contributed by atoms with van der Waals surface area (Å²) in [6, 6.07) is 19.8. The fraction of sp³-hybridized carbons (Fsp3) is 0.222. The van der Waals surface area contributed by atoms with Crippen LogP contribution < -0.4 is 0 Å². The molecule has 5 nitrogen and oxygen atoms in total. The van der Waals surface area contributed by atoms with Crippen molar-refractivity contribution in [3.63, 3.8) is 0 Å². The zero-order valence-electron chi connectivity index (χ0n) is 18.3. The number of nitrogens with zero attached hydrogens (tertiary/aromatic N) is 3. The van der Waals surface area contributed by atoms with Crippen molar-refractivity contribution in [3.05, 3.63) is 78.8 Å². The number of aromatic amines is 2. The van der Waals surface area contributed by atoms with Crippen LogP contribution in [0.1, 0.15) is 5.56 Å². The Hall–Kier alpha value is -3.41. The molecular formula is C27H27N5. The molecule has 160 valence electrons. The van der Waals surface area contributed by atoms with E-state index >= 15 is 0 Å². The molecule has 0 unspecified atom stereocenters. The minimum Gasteiger partial charge on any atom is -0.361 e. The number of rotatable bonds is 4. The second-order valence-corrected chi connectivity index (χ2v) is 8.88. The highest BCUT2D eigenvalue weighted by Gasteiger charge is 2.15. The molecule has 0 aliphatic carbocycles. The number of fused-ring (bicyclic) bond motifs is 2. The van der Waals surface area contributed by atoms with Crippen molar-refractivity contribution in [2.24, 2.45) is 0 Å². The zero-order chi connectivity index (χ0) is 21.5. The van der Waals surface area contributed by atoms with Gasteiger partial charge in [-0.15, -0.1) is 0 Å². The van der Waals surface area contributed by atoms with E-state index in [1.165, 1.54) is 27.6 Å². The number of H-pyrrole nitrogens is 2. The fourth-order valence-corrected chi connectivity index (χ4v) is 4.73. The second kappa shape index (κ2) is 7.93. The van der Waals surface area contributed by atoms with Crippen molar-refractivity contribution < 1.29 is 0 Å². The molecule has 0 radical (unpaired) electrons. The number of likely N-dealkylation sites (N-methyl/N-ethyl adjacent to an activating group) is 1. The van der Waals surface area contributed by atoms with Crippen molar-refractivity contribution in [1.82, 2.24) is 24.8 Å². The Morgan fingerprint density at radius 2 is 1.78 bits per heavy atom. The third-order valence-corrected chi connectivity index (χ3v) is 6.66. The van der Waals surface area contributed by atoms with Crippen LogP contribution in [0.4, 0.5) is 0 Å². The van der Waals surface area contributed by atoms with Gasteiger partial charge in [0.1, 0.15) is 5.65 Å². The van der Waals surface area contributed by atoms with Gasteiger partial charge in [0.15, 0.2) is 0 Å². The maximum Gasteiger partial charge on any atom is 0.137 e. The summed E-state index contributed by atoms with van der Waals surface area (Å²) in [5, 5.41) is 2.37. The quantitative estimate of drug-likeness (QED) is 0.423. The van der Waals surface area contributed by atoms with Crippen LogP contribution in [0.3, 0.4) is 0 Å². The lowest BCUT2D eigenvalue weighted by Crippen LogP contribution is -2.43. The lowest BCUT2D eigenvalue weighted by Gasteiger charge is -2.32. The van der Waals surface area contributed by atoms with E-state index in [0.717, 1.165) is 54.8 Å².